The van der Waals surface area contributed by atoms with Crippen LogP contribution in [0.15, 0.2) is 91.0 Å². The Bertz CT molecular complexity index is 1090. The molecule has 1 fully saturated rings. The van der Waals surface area contributed by atoms with Crippen molar-refractivity contribution in [2.45, 2.75) is 12.0 Å². The molecular weight excluding hydrogens is 390 g/mol. The van der Waals surface area contributed by atoms with E-state index in [2.05, 4.69) is 5.32 Å². The summed E-state index contributed by atoms with van der Waals surface area (Å²) >= 11 is 0. The van der Waals surface area contributed by atoms with Crippen molar-refractivity contribution in [3.05, 3.63) is 102 Å². The first-order valence-corrected chi connectivity index (χ1v) is 10.1. The van der Waals surface area contributed by atoms with E-state index in [9.17, 15) is 14.4 Å². The zero-order valence-electron chi connectivity index (χ0n) is 17.2. The van der Waals surface area contributed by atoms with E-state index in [-0.39, 0.29) is 12.5 Å². The zero-order chi connectivity index (χ0) is 21.8. The number of para-hydroxylation sites is 1. The molecule has 3 aromatic carbocycles. The minimum atomic E-state index is -1.26. The van der Waals surface area contributed by atoms with Gasteiger partial charge >= 0.3 is 6.03 Å². The number of urea groups is 1. The molecule has 0 aliphatic carbocycles. The molecule has 0 bridgehead atoms. The monoisotopic (exact) mass is 413 g/mol. The summed E-state index contributed by atoms with van der Waals surface area (Å²) in [7, 11) is 1.63. The van der Waals surface area contributed by atoms with Crippen LogP contribution in [0.3, 0.4) is 0 Å². The van der Waals surface area contributed by atoms with E-state index in [1.807, 2.05) is 78.9 Å². The zero-order valence-corrected chi connectivity index (χ0v) is 17.2. The van der Waals surface area contributed by atoms with Gasteiger partial charge in [0.25, 0.3) is 5.91 Å². The molecule has 0 spiro atoms. The van der Waals surface area contributed by atoms with Crippen LogP contribution < -0.4 is 10.2 Å². The molecule has 6 nitrogen and oxygen atoms in total. The highest BCUT2D eigenvalue weighted by atomic mass is 16.2. The van der Waals surface area contributed by atoms with Crippen LogP contribution in [0.5, 0.6) is 0 Å². The van der Waals surface area contributed by atoms with Gasteiger partial charge in [-0.05, 0) is 23.3 Å². The van der Waals surface area contributed by atoms with E-state index < -0.39 is 17.5 Å². The number of anilines is 1. The third-order valence-corrected chi connectivity index (χ3v) is 5.57. The predicted octanol–water partition coefficient (Wildman–Crippen LogP) is 3.34. The Kier molecular flexibility index (Phi) is 5.54. The van der Waals surface area contributed by atoms with Crippen LogP contribution in [0.4, 0.5) is 10.5 Å². The van der Waals surface area contributed by atoms with Gasteiger partial charge in [0.1, 0.15) is 6.54 Å². The molecule has 156 valence electrons. The smallest absolute Gasteiger partial charge is 0.319 e. The van der Waals surface area contributed by atoms with Gasteiger partial charge in [0.2, 0.25) is 5.91 Å². The highest BCUT2D eigenvalue weighted by Crippen LogP contribution is 2.33. The van der Waals surface area contributed by atoms with Crippen molar-refractivity contribution in [2.24, 2.45) is 0 Å². The first-order chi connectivity index (χ1) is 15.0. The van der Waals surface area contributed by atoms with Gasteiger partial charge in [0.15, 0.2) is 5.54 Å². The van der Waals surface area contributed by atoms with Crippen molar-refractivity contribution in [2.75, 3.05) is 18.5 Å². The second-order valence-corrected chi connectivity index (χ2v) is 7.54. The summed E-state index contributed by atoms with van der Waals surface area (Å²) in [6.07, 6.45) is 0.293. The van der Waals surface area contributed by atoms with Crippen LogP contribution in [-0.2, 0) is 21.5 Å². The molecule has 3 aromatic rings. The topological polar surface area (TPSA) is 69.7 Å². The number of likely N-dealkylation sites (N-methyl/N-ethyl adjacent to an activating group) is 1. The van der Waals surface area contributed by atoms with Gasteiger partial charge in [0, 0.05) is 19.2 Å². The summed E-state index contributed by atoms with van der Waals surface area (Å²) in [4.78, 5) is 41.8. The molecule has 0 saturated carbocycles. The Morgan fingerprint density at radius 1 is 0.871 bits per heavy atom. The number of nitrogens with zero attached hydrogens (tertiary/aromatic N) is 2. The quantitative estimate of drug-likeness (QED) is 0.630. The summed E-state index contributed by atoms with van der Waals surface area (Å²) < 4.78 is 0. The average Bonchev–Trinajstić information content (AvgIpc) is 3.05. The summed E-state index contributed by atoms with van der Waals surface area (Å²) in [5, 5.41) is 2.88. The fourth-order valence-electron chi connectivity index (χ4n) is 3.85. The van der Waals surface area contributed by atoms with Crippen LogP contribution >= 0.6 is 0 Å². The maximum absolute atomic E-state index is 13.6. The van der Waals surface area contributed by atoms with Crippen LogP contribution in [0.2, 0.25) is 0 Å². The Balaban J connectivity index is 1.63. The molecule has 1 aliphatic heterocycles. The Labute approximate surface area is 181 Å². The van der Waals surface area contributed by atoms with Crippen LogP contribution in [-0.4, -0.2) is 36.3 Å². The second kappa shape index (κ2) is 8.44. The predicted molar refractivity (Wildman–Crippen MR) is 118 cm³/mol. The lowest BCUT2D eigenvalue weighted by atomic mass is 9.83. The van der Waals surface area contributed by atoms with Gasteiger partial charge in [-0.3, -0.25) is 14.5 Å². The van der Waals surface area contributed by atoms with Crippen molar-refractivity contribution < 1.29 is 14.4 Å². The van der Waals surface area contributed by atoms with E-state index in [0.29, 0.717) is 17.7 Å². The highest BCUT2D eigenvalue weighted by Gasteiger charge is 2.52. The number of hydrogen-bond acceptors (Lipinski definition) is 3. The van der Waals surface area contributed by atoms with Crippen molar-refractivity contribution in [3.8, 4) is 0 Å². The van der Waals surface area contributed by atoms with Crippen LogP contribution in [0.25, 0.3) is 0 Å². The number of nitrogens with one attached hydrogen (secondary N) is 1. The molecule has 31 heavy (non-hydrogen) atoms. The molecule has 4 amide bonds. The SMILES string of the molecule is CN(C(=O)CN1C(=O)NC(Cc2ccccc2)(c2ccccc2)C1=O)c1ccccc1. The number of imide groups is 1. The maximum atomic E-state index is 13.6. The summed E-state index contributed by atoms with van der Waals surface area (Å²) in [5.41, 5.74) is 1.03. The van der Waals surface area contributed by atoms with Gasteiger partial charge in [0.05, 0.1) is 0 Å². The van der Waals surface area contributed by atoms with E-state index in [4.69, 9.17) is 0 Å². The molecular formula is C25H23N3O3. The van der Waals surface area contributed by atoms with E-state index in [1.54, 1.807) is 19.2 Å². The summed E-state index contributed by atoms with van der Waals surface area (Å²) in [6.45, 7) is -0.334. The molecule has 6 heteroatoms. The van der Waals surface area contributed by atoms with Gasteiger partial charge in [-0.25, -0.2) is 4.79 Å². The minimum Gasteiger partial charge on any atom is -0.319 e. The van der Waals surface area contributed by atoms with Gasteiger partial charge in [-0.1, -0.05) is 78.9 Å². The standard InChI is InChI=1S/C25H23N3O3/c1-27(21-15-9-4-10-16-21)22(29)18-28-23(30)25(26-24(28)31,20-13-7-3-8-14-20)17-19-11-5-2-6-12-19/h2-16H,17-18H2,1H3,(H,26,31). The van der Waals surface area contributed by atoms with E-state index in [1.165, 1.54) is 4.90 Å². The molecule has 0 aromatic heterocycles. The highest BCUT2D eigenvalue weighted by molar-refractivity contribution is 6.10. The summed E-state index contributed by atoms with van der Waals surface area (Å²) in [5.74, 6) is -0.777. The molecule has 1 heterocycles. The van der Waals surface area contributed by atoms with Gasteiger partial charge in [-0.2, -0.15) is 0 Å². The van der Waals surface area contributed by atoms with Crippen molar-refractivity contribution in [1.29, 1.82) is 0 Å². The number of carbonyl (C=O) groups excluding carboxylic acids is 3. The normalized spacial score (nSPS) is 18.0. The number of amides is 4. The third-order valence-electron chi connectivity index (χ3n) is 5.57. The average molecular weight is 413 g/mol. The molecule has 1 aliphatic rings. The lowest BCUT2D eigenvalue weighted by Crippen LogP contribution is -2.47. The molecule has 1 saturated heterocycles. The fraction of sp³-hybridized carbons (Fsp3) is 0.160. The van der Waals surface area contributed by atoms with Gasteiger partial charge < -0.3 is 10.2 Å². The Hall–Kier alpha value is -3.93. The first kappa shape index (κ1) is 20.3. The number of carbonyl (C=O) groups is 3. The second-order valence-electron chi connectivity index (χ2n) is 7.54. The van der Waals surface area contributed by atoms with Crippen molar-refractivity contribution in [3.63, 3.8) is 0 Å². The third kappa shape index (κ3) is 3.92. The van der Waals surface area contributed by atoms with Crippen LogP contribution in [0.1, 0.15) is 11.1 Å². The Morgan fingerprint density at radius 3 is 2.03 bits per heavy atom. The number of rotatable bonds is 6. The largest absolute Gasteiger partial charge is 0.325 e. The first-order valence-electron chi connectivity index (χ1n) is 10.1. The van der Waals surface area contributed by atoms with Crippen LogP contribution in [0, 0.1) is 0 Å². The van der Waals surface area contributed by atoms with E-state index in [0.717, 1.165) is 10.5 Å². The Morgan fingerprint density at radius 2 is 1.42 bits per heavy atom. The van der Waals surface area contributed by atoms with Crippen molar-refractivity contribution >= 4 is 23.5 Å². The lowest BCUT2D eigenvalue weighted by molar-refractivity contribution is -0.134. The fourth-order valence-corrected chi connectivity index (χ4v) is 3.85. The number of benzene rings is 3. The molecule has 1 unspecified atom stereocenters. The number of hydrogen-bond donors (Lipinski definition) is 1. The summed E-state index contributed by atoms with van der Waals surface area (Å²) in [6, 6.07) is 27.2. The molecule has 1 N–H and O–H groups in total. The molecule has 4 rings (SSSR count). The van der Waals surface area contributed by atoms with Crippen molar-refractivity contribution in [1.82, 2.24) is 10.2 Å². The minimum absolute atomic E-state index is 0.293. The van der Waals surface area contributed by atoms with Gasteiger partial charge in [-0.15, -0.1) is 0 Å². The molecule has 1 atom stereocenters. The lowest BCUT2D eigenvalue weighted by Gasteiger charge is -2.28. The molecule has 0 radical (unpaired) electrons. The maximum Gasteiger partial charge on any atom is 0.325 e. The van der Waals surface area contributed by atoms with E-state index >= 15 is 0 Å².